The van der Waals surface area contributed by atoms with Crippen LogP contribution in [0.1, 0.15) is 43.1 Å². The van der Waals surface area contributed by atoms with Crippen molar-refractivity contribution in [3.63, 3.8) is 0 Å². The highest BCUT2D eigenvalue weighted by molar-refractivity contribution is 5.30. The van der Waals surface area contributed by atoms with Gasteiger partial charge in [-0.25, -0.2) is 0 Å². The molecule has 1 saturated heterocycles. The van der Waals surface area contributed by atoms with Gasteiger partial charge in [-0.15, -0.1) is 0 Å². The van der Waals surface area contributed by atoms with Gasteiger partial charge in [0.1, 0.15) is 11.6 Å². The molecule has 1 aliphatic rings. The van der Waals surface area contributed by atoms with Gasteiger partial charge in [-0.3, -0.25) is 4.90 Å². The number of methoxy groups -OCH3 is 1. The van der Waals surface area contributed by atoms with Gasteiger partial charge >= 0.3 is 0 Å². The number of likely N-dealkylation sites (tertiary alicyclic amines) is 1. The Bertz CT molecular complexity index is 655. The first-order chi connectivity index (χ1) is 11.7. The van der Waals surface area contributed by atoms with Gasteiger partial charge in [0.15, 0.2) is 0 Å². The average molecular weight is 328 g/mol. The van der Waals surface area contributed by atoms with Crippen LogP contribution in [0.15, 0.2) is 24.3 Å². The van der Waals surface area contributed by atoms with E-state index in [1.54, 1.807) is 7.11 Å². The van der Waals surface area contributed by atoms with E-state index in [1.165, 1.54) is 24.8 Å². The van der Waals surface area contributed by atoms with Crippen LogP contribution in [0.4, 0.5) is 11.9 Å². The molecule has 1 fully saturated rings. The topological polar surface area (TPSA) is 103 Å². The fourth-order valence-electron chi connectivity index (χ4n) is 3.27. The van der Waals surface area contributed by atoms with E-state index in [0.29, 0.717) is 18.4 Å². The van der Waals surface area contributed by atoms with Crippen LogP contribution >= 0.6 is 0 Å². The molecular formula is C17H24N6O. The van der Waals surface area contributed by atoms with Crippen LogP contribution < -0.4 is 16.2 Å². The monoisotopic (exact) mass is 328 g/mol. The first kappa shape index (κ1) is 16.4. The van der Waals surface area contributed by atoms with E-state index in [-0.39, 0.29) is 11.9 Å². The van der Waals surface area contributed by atoms with Crippen LogP contribution in [-0.2, 0) is 6.54 Å². The minimum Gasteiger partial charge on any atom is -0.497 e. The maximum Gasteiger partial charge on any atom is 0.225 e. The maximum absolute atomic E-state index is 5.70. The average Bonchev–Trinajstić information content (AvgIpc) is 2.79. The third kappa shape index (κ3) is 3.91. The lowest BCUT2D eigenvalue weighted by Gasteiger charge is -2.29. The van der Waals surface area contributed by atoms with Crippen LogP contribution in [0.2, 0.25) is 0 Å². The number of nitrogen functional groups attached to an aromatic ring is 2. The molecule has 1 aromatic heterocycles. The molecule has 7 heteroatoms. The molecule has 7 nitrogen and oxygen atoms in total. The molecule has 0 aliphatic carbocycles. The summed E-state index contributed by atoms with van der Waals surface area (Å²) in [5.74, 6) is 1.85. The van der Waals surface area contributed by atoms with Crippen LogP contribution in [0.3, 0.4) is 0 Å². The Labute approximate surface area is 142 Å². The van der Waals surface area contributed by atoms with Gasteiger partial charge in [-0.2, -0.15) is 15.0 Å². The van der Waals surface area contributed by atoms with Crippen LogP contribution in [0, 0.1) is 0 Å². The highest BCUT2D eigenvalue weighted by Crippen LogP contribution is 2.32. The summed E-state index contributed by atoms with van der Waals surface area (Å²) in [7, 11) is 1.68. The number of ether oxygens (including phenoxy) is 1. The summed E-state index contributed by atoms with van der Waals surface area (Å²) in [6.45, 7) is 1.62. The largest absolute Gasteiger partial charge is 0.497 e. The molecule has 0 spiro atoms. The number of nitrogens with zero attached hydrogens (tertiary/aromatic N) is 4. The second-order valence-electron chi connectivity index (χ2n) is 6.08. The Morgan fingerprint density at radius 2 is 1.75 bits per heavy atom. The summed E-state index contributed by atoms with van der Waals surface area (Å²) in [6, 6.07) is 8.63. The molecule has 2 aromatic rings. The van der Waals surface area contributed by atoms with Gasteiger partial charge < -0.3 is 16.2 Å². The molecule has 0 unspecified atom stereocenters. The van der Waals surface area contributed by atoms with Gasteiger partial charge in [0.25, 0.3) is 0 Å². The molecule has 0 radical (unpaired) electrons. The van der Waals surface area contributed by atoms with E-state index >= 15 is 0 Å². The Hall–Kier alpha value is -2.41. The lowest BCUT2D eigenvalue weighted by Crippen LogP contribution is -2.29. The number of rotatable bonds is 4. The summed E-state index contributed by atoms with van der Waals surface area (Å²) in [5, 5.41) is 0. The first-order valence-electron chi connectivity index (χ1n) is 8.29. The summed E-state index contributed by atoms with van der Waals surface area (Å²) in [5.41, 5.74) is 12.7. The molecule has 1 aliphatic heterocycles. The van der Waals surface area contributed by atoms with Crippen molar-refractivity contribution in [2.45, 2.75) is 38.3 Å². The van der Waals surface area contributed by atoms with E-state index < -0.39 is 0 Å². The first-order valence-corrected chi connectivity index (χ1v) is 8.29. The van der Waals surface area contributed by atoms with E-state index in [2.05, 4.69) is 32.0 Å². The zero-order valence-corrected chi connectivity index (χ0v) is 14.0. The predicted molar refractivity (Wildman–Crippen MR) is 93.3 cm³/mol. The van der Waals surface area contributed by atoms with Crippen molar-refractivity contribution in [1.29, 1.82) is 0 Å². The van der Waals surface area contributed by atoms with Crippen molar-refractivity contribution in [1.82, 2.24) is 19.9 Å². The molecule has 4 N–H and O–H groups in total. The molecule has 0 bridgehead atoms. The zero-order chi connectivity index (χ0) is 16.9. The molecule has 24 heavy (non-hydrogen) atoms. The van der Waals surface area contributed by atoms with Gasteiger partial charge in [-0.05, 0) is 37.1 Å². The summed E-state index contributed by atoms with van der Waals surface area (Å²) in [4.78, 5) is 14.7. The van der Waals surface area contributed by atoms with Crippen molar-refractivity contribution in [2.75, 3.05) is 25.1 Å². The third-order valence-corrected chi connectivity index (χ3v) is 4.43. The number of hydrogen-bond donors (Lipinski definition) is 2. The van der Waals surface area contributed by atoms with Crippen molar-refractivity contribution < 1.29 is 4.74 Å². The van der Waals surface area contributed by atoms with E-state index in [4.69, 9.17) is 16.2 Å². The molecule has 1 atom stereocenters. The number of hydrogen-bond acceptors (Lipinski definition) is 7. The number of benzene rings is 1. The van der Waals surface area contributed by atoms with Crippen molar-refractivity contribution in [3.05, 3.63) is 35.7 Å². The highest BCUT2D eigenvalue weighted by Gasteiger charge is 2.24. The van der Waals surface area contributed by atoms with Crippen molar-refractivity contribution >= 4 is 11.9 Å². The molecule has 3 rings (SSSR count). The van der Waals surface area contributed by atoms with Crippen LogP contribution in [0.5, 0.6) is 5.75 Å². The van der Waals surface area contributed by atoms with Gasteiger partial charge in [0.05, 0.1) is 13.7 Å². The van der Waals surface area contributed by atoms with Crippen molar-refractivity contribution in [3.8, 4) is 5.75 Å². The molecule has 1 aromatic carbocycles. The minimum atomic E-state index is 0.174. The standard InChI is InChI=1S/C17H24N6O/c1-24-13-8-6-12(7-9-13)14-5-3-2-4-10-23(14)11-15-20-16(18)22-17(19)21-15/h6-9,14H,2-5,10-11H2,1H3,(H4,18,19,20,21,22)/t14-/m1/s1. The zero-order valence-electron chi connectivity index (χ0n) is 14.0. The third-order valence-electron chi connectivity index (χ3n) is 4.43. The summed E-state index contributed by atoms with van der Waals surface area (Å²) in [6.07, 6.45) is 4.74. The van der Waals surface area contributed by atoms with Gasteiger partial charge in [0.2, 0.25) is 11.9 Å². The van der Waals surface area contributed by atoms with E-state index in [1.807, 2.05) is 12.1 Å². The van der Waals surface area contributed by atoms with Crippen molar-refractivity contribution in [2.24, 2.45) is 0 Å². The molecule has 0 saturated carbocycles. The second kappa shape index (κ2) is 7.44. The fourth-order valence-corrected chi connectivity index (χ4v) is 3.27. The Morgan fingerprint density at radius 1 is 1.04 bits per heavy atom. The quantitative estimate of drug-likeness (QED) is 0.886. The van der Waals surface area contributed by atoms with Gasteiger partial charge in [0, 0.05) is 6.04 Å². The number of anilines is 2. The van der Waals surface area contributed by atoms with Crippen LogP contribution in [0.25, 0.3) is 0 Å². The van der Waals surface area contributed by atoms with Gasteiger partial charge in [-0.1, -0.05) is 25.0 Å². The molecular weight excluding hydrogens is 304 g/mol. The van der Waals surface area contributed by atoms with Crippen LogP contribution in [-0.4, -0.2) is 33.5 Å². The predicted octanol–water partition coefficient (Wildman–Crippen LogP) is 2.16. The molecule has 2 heterocycles. The minimum absolute atomic E-state index is 0.174. The Morgan fingerprint density at radius 3 is 2.42 bits per heavy atom. The Kier molecular flexibility index (Phi) is 5.10. The summed E-state index contributed by atoms with van der Waals surface area (Å²) < 4.78 is 5.26. The number of aromatic nitrogens is 3. The summed E-state index contributed by atoms with van der Waals surface area (Å²) >= 11 is 0. The normalized spacial score (nSPS) is 19.0. The lowest BCUT2D eigenvalue weighted by atomic mass is 10.0. The second-order valence-corrected chi connectivity index (χ2v) is 6.08. The Balaban J connectivity index is 1.83. The highest BCUT2D eigenvalue weighted by atomic mass is 16.5. The fraction of sp³-hybridized carbons (Fsp3) is 0.471. The van der Waals surface area contributed by atoms with E-state index in [0.717, 1.165) is 18.7 Å². The molecule has 128 valence electrons. The maximum atomic E-state index is 5.70. The molecule has 0 amide bonds. The smallest absolute Gasteiger partial charge is 0.225 e. The number of nitrogens with two attached hydrogens (primary N) is 2. The van der Waals surface area contributed by atoms with E-state index in [9.17, 15) is 0 Å². The lowest BCUT2D eigenvalue weighted by molar-refractivity contribution is 0.187. The SMILES string of the molecule is COc1ccc([C@H]2CCCCCN2Cc2nc(N)nc(N)n2)cc1.